The molecule has 0 saturated heterocycles. The lowest BCUT2D eigenvalue weighted by Crippen LogP contribution is -2.07. The normalized spacial score (nSPS) is 31.9. The third kappa shape index (κ3) is 3.12. The van der Waals surface area contributed by atoms with Gasteiger partial charge in [-0.15, -0.1) is 0 Å². The third-order valence-electron chi connectivity index (χ3n) is 4.45. The Hall–Kier alpha value is -0.780. The highest BCUT2D eigenvalue weighted by Gasteiger charge is 2.37. The quantitative estimate of drug-likeness (QED) is 0.544. The second-order valence-electron chi connectivity index (χ2n) is 5.57. The Bertz CT molecular complexity index is 305. The highest BCUT2D eigenvalue weighted by Crippen LogP contribution is 2.47. The molecular formula is C17H26. The van der Waals surface area contributed by atoms with E-state index in [9.17, 15) is 0 Å². The van der Waals surface area contributed by atoms with Gasteiger partial charge >= 0.3 is 0 Å². The van der Waals surface area contributed by atoms with Gasteiger partial charge in [-0.3, -0.25) is 0 Å². The average Bonchev–Trinajstić information content (AvgIpc) is 2.92. The molecule has 0 spiro atoms. The molecule has 0 aromatic rings. The summed E-state index contributed by atoms with van der Waals surface area (Å²) >= 11 is 0. The van der Waals surface area contributed by atoms with Crippen LogP contribution in [0.1, 0.15) is 52.4 Å². The second kappa shape index (κ2) is 6.23. The first-order chi connectivity index (χ1) is 8.35. The summed E-state index contributed by atoms with van der Waals surface area (Å²) in [6.45, 7) is 4.44. The van der Waals surface area contributed by atoms with Crippen LogP contribution in [0, 0.1) is 17.8 Å². The lowest BCUT2D eigenvalue weighted by Gasteiger charge is -2.17. The van der Waals surface area contributed by atoms with Crippen LogP contribution in [0.2, 0.25) is 0 Å². The summed E-state index contributed by atoms with van der Waals surface area (Å²) in [7, 11) is 0. The van der Waals surface area contributed by atoms with Crippen molar-refractivity contribution in [2.75, 3.05) is 0 Å². The Morgan fingerprint density at radius 2 is 1.88 bits per heavy atom. The molecule has 0 heteroatoms. The molecule has 0 radical (unpaired) electrons. The molecule has 0 amide bonds. The minimum absolute atomic E-state index is 0.898. The zero-order chi connectivity index (χ0) is 12.1. The molecule has 2 aliphatic rings. The fourth-order valence-corrected chi connectivity index (χ4v) is 3.34. The first-order valence-electron chi connectivity index (χ1n) is 7.32. The highest BCUT2D eigenvalue weighted by molar-refractivity contribution is 5.17. The van der Waals surface area contributed by atoms with Crippen molar-refractivity contribution in [2.45, 2.75) is 52.4 Å². The van der Waals surface area contributed by atoms with Crippen LogP contribution in [0.3, 0.4) is 0 Å². The van der Waals surface area contributed by atoms with E-state index < -0.39 is 0 Å². The summed E-state index contributed by atoms with van der Waals surface area (Å²) in [5, 5.41) is 0. The molecule has 17 heavy (non-hydrogen) atoms. The molecule has 94 valence electrons. The van der Waals surface area contributed by atoms with E-state index in [1.54, 1.807) is 5.57 Å². The summed E-state index contributed by atoms with van der Waals surface area (Å²) in [4.78, 5) is 0. The number of hydrogen-bond acceptors (Lipinski definition) is 0. The van der Waals surface area contributed by atoms with Crippen molar-refractivity contribution in [3.05, 3.63) is 36.0 Å². The third-order valence-corrected chi connectivity index (χ3v) is 4.45. The SMILES string of the molecule is CC=C(CC=CCCC)CC1C2C=CC1CC2. The predicted octanol–water partition coefficient (Wildman–Crippen LogP) is 5.28. The summed E-state index contributed by atoms with van der Waals surface area (Å²) in [5.74, 6) is 2.73. The molecule has 0 N–H and O–H groups in total. The van der Waals surface area contributed by atoms with Crippen LogP contribution in [0.4, 0.5) is 0 Å². The highest BCUT2D eigenvalue weighted by atomic mass is 14.4. The molecule has 2 aliphatic carbocycles. The van der Waals surface area contributed by atoms with Gasteiger partial charge in [-0.05, 0) is 56.8 Å². The second-order valence-corrected chi connectivity index (χ2v) is 5.57. The van der Waals surface area contributed by atoms with Crippen LogP contribution < -0.4 is 0 Å². The van der Waals surface area contributed by atoms with Gasteiger partial charge in [-0.2, -0.15) is 0 Å². The standard InChI is InChI=1S/C17H26/c1-3-5-6-7-8-14(4-2)13-17-15-9-10-16(17)12-11-15/h4,6-7,9-10,15-17H,3,5,8,11-13H2,1-2H3. The minimum Gasteiger partial charge on any atom is -0.0882 e. The van der Waals surface area contributed by atoms with Gasteiger partial charge in [-0.25, -0.2) is 0 Å². The van der Waals surface area contributed by atoms with Crippen LogP contribution in [-0.2, 0) is 0 Å². The topological polar surface area (TPSA) is 0 Å². The van der Waals surface area contributed by atoms with E-state index in [1.165, 1.54) is 38.5 Å². The van der Waals surface area contributed by atoms with E-state index in [0.717, 1.165) is 17.8 Å². The largest absolute Gasteiger partial charge is 0.0882 e. The molecule has 2 unspecified atom stereocenters. The lowest BCUT2D eigenvalue weighted by molar-refractivity contribution is 0.423. The Morgan fingerprint density at radius 3 is 2.41 bits per heavy atom. The first-order valence-corrected chi connectivity index (χ1v) is 7.32. The Kier molecular flexibility index (Phi) is 4.65. The molecule has 1 fully saturated rings. The van der Waals surface area contributed by atoms with Crippen LogP contribution in [0.5, 0.6) is 0 Å². The van der Waals surface area contributed by atoms with E-state index in [4.69, 9.17) is 0 Å². The molecule has 0 nitrogen and oxygen atoms in total. The summed E-state index contributed by atoms with van der Waals surface area (Å²) in [6.07, 6.45) is 19.9. The minimum atomic E-state index is 0.898. The van der Waals surface area contributed by atoms with Crippen molar-refractivity contribution in [3.8, 4) is 0 Å². The van der Waals surface area contributed by atoms with Crippen molar-refractivity contribution in [3.63, 3.8) is 0 Å². The van der Waals surface area contributed by atoms with Crippen molar-refractivity contribution in [1.82, 2.24) is 0 Å². The van der Waals surface area contributed by atoms with Crippen LogP contribution in [0.15, 0.2) is 36.0 Å². The predicted molar refractivity (Wildman–Crippen MR) is 75.9 cm³/mol. The van der Waals surface area contributed by atoms with Gasteiger partial charge in [0.1, 0.15) is 0 Å². The Labute approximate surface area is 106 Å². The maximum atomic E-state index is 2.47. The van der Waals surface area contributed by atoms with Crippen LogP contribution >= 0.6 is 0 Å². The zero-order valence-corrected chi connectivity index (χ0v) is 11.4. The molecule has 0 aromatic carbocycles. The van der Waals surface area contributed by atoms with E-state index in [1.807, 2.05) is 0 Å². The molecule has 0 aliphatic heterocycles. The number of hydrogen-bond donors (Lipinski definition) is 0. The molecule has 1 saturated carbocycles. The fourth-order valence-electron chi connectivity index (χ4n) is 3.34. The van der Waals surface area contributed by atoms with Crippen molar-refractivity contribution in [2.24, 2.45) is 17.8 Å². The van der Waals surface area contributed by atoms with Gasteiger partial charge in [0.05, 0.1) is 0 Å². The van der Waals surface area contributed by atoms with Gasteiger partial charge in [0.15, 0.2) is 0 Å². The average molecular weight is 230 g/mol. The van der Waals surface area contributed by atoms with Crippen LogP contribution in [-0.4, -0.2) is 0 Å². The number of unbranched alkanes of at least 4 members (excludes halogenated alkanes) is 1. The molecule has 2 rings (SSSR count). The molecular weight excluding hydrogens is 204 g/mol. The van der Waals surface area contributed by atoms with Gasteiger partial charge in [0, 0.05) is 0 Å². The monoisotopic (exact) mass is 230 g/mol. The number of rotatable bonds is 6. The van der Waals surface area contributed by atoms with Gasteiger partial charge < -0.3 is 0 Å². The van der Waals surface area contributed by atoms with Gasteiger partial charge in [-0.1, -0.05) is 49.3 Å². The van der Waals surface area contributed by atoms with E-state index in [0.29, 0.717) is 0 Å². The number of fused-ring (bicyclic) bond motifs is 2. The molecule has 2 atom stereocenters. The first kappa shape index (κ1) is 12.7. The zero-order valence-electron chi connectivity index (χ0n) is 11.4. The molecule has 0 heterocycles. The maximum absolute atomic E-state index is 2.47. The molecule has 0 aromatic heterocycles. The van der Waals surface area contributed by atoms with Crippen LogP contribution in [0.25, 0.3) is 0 Å². The molecule has 2 bridgehead atoms. The summed E-state index contributed by atoms with van der Waals surface area (Å²) in [5.41, 5.74) is 1.64. The Balaban J connectivity index is 1.81. The number of allylic oxidation sites excluding steroid dienone is 6. The fraction of sp³-hybridized carbons (Fsp3) is 0.647. The van der Waals surface area contributed by atoms with Crippen molar-refractivity contribution in [1.29, 1.82) is 0 Å². The van der Waals surface area contributed by atoms with Crippen molar-refractivity contribution < 1.29 is 0 Å². The summed E-state index contributed by atoms with van der Waals surface area (Å²) < 4.78 is 0. The van der Waals surface area contributed by atoms with E-state index in [-0.39, 0.29) is 0 Å². The Morgan fingerprint density at radius 1 is 1.18 bits per heavy atom. The van der Waals surface area contributed by atoms with Gasteiger partial charge in [0.25, 0.3) is 0 Å². The smallest absolute Gasteiger partial charge is 0.0139 e. The van der Waals surface area contributed by atoms with E-state index in [2.05, 4.69) is 44.2 Å². The summed E-state index contributed by atoms with van der Waals surface area (Å²) in [6, 6.07) is 0. The maximum Gasteiger partial charge on any atom is -0.0139 e. The van der Waals surface area contributed by atoms with Gasteiger partial charge in [0.2, 0.25) is 0 Å². The van der Waals surface area contributed by atoms with Crippen molar-refractivity contribution >= 4 is 0 Å². The van der Waals surface area contributed by atoms with E-state index >= 15 is 0 Å². The lowest BCUT2D eigenvalue weighted by atomic mass is 9.88.